The van der Waals surface area contributed by atoms with E-state index in [4.69, 9.17) is 4.74 Å². The molecule has 0 saturated carbocycles. The maximum Gasteiger partial charge on any atom is 0.326 e. The third-order valence-corrected chi connectivity index (χ3v) is 5.32. The number of Topliss-reactive ketones (excluding diaryl/α,β-unsaturated/α-hetero) is 1. The molecule has 1 heterocycles. The van der Waals surface area contributed by atoms with Crippen LogP contribution >= 0.6 is 0 Å². The van der Waals surface area contributed by atoms with Gasteiger partial charge in [-0.25, -0.2) is 0 Å². The van der Waals surface area contributed by atoms with Gasteiger partial charge in [-0.3, -0.25) is 19.3 Å². The SMILES string of the molecule is CCOC(=O)CN1C(=O)[C@](O)(CC(=O)c2ccc3ccccc3c2)c2ccccc21. The fourth-order valence-electron chi connectivity index (χ4n) is 3.87. The first-order valence-corrected chi connectivity index (χ1v) is 9.75. The maximum absolute atomic E-state index is 13.1. The van der Waals surface area contributed by atoms with Crippen LogP contribution in [0.1, 0.15) is 29.3 Å². The molecule has 3 aromatic carbocycles. The Hall–Kier alpha value is -3.51. The van der Waals surface area contributed by atoms with E-state index in [9.17, 15) is 19.5 Å². The summed E-state index contributed by atoms with van der Waals surface area (Å²) in [6.45, 7) is 1.54. The number of esters is 1. The Kier molecular flexibility index (Phi) is 5.10. The van der Waals surface area contributed by atoms with E-state index in [0.717, 1.165) is 10.8 Å². The Bertz CT molecular complexity index is 1160. The van der Waals surface area contributed by atoms with Crippen molar-refractivity contribution in [2.24, 2.45) is 0 Å². The largest absolute Gasteiger partial charge is 0.465 e. The lowest BCUT2D eigenvalue weighted by molar-refractivity contribution is -0.144. The Labute approximate surface area is 173 Å². The zero-order valence-electron chi connectivity index (χ0n) is 16.5. The van der Waals surface area contributed by atoms with Crippen molar-refractivity contribution >= 4 is 34.1 Å². The van der Waals surface area contributed by atoms with Crippen molar-refractivity contribution in [3.63, 3.8) is 0 Å². The normalized spacial score (nSPS) is 17.8. The number of para-hydroxylation sites is 1. The van der Waals surface area contributed by atoms with Crippen molar-refractivity contribution in [2.75, 3.05) is 18.1 Å². The zero-order valence-corrected chi connectivity index (χ0v) is 16.5. The second kappa shape index (κ2) is 7.72. The number of rotatable bonds is 6. The van der Waals surface area contributed by atoms with E-state index >= 15 is 0 Å². The molecule has 3 aromatic rings. The molecule has 0 radical (unpaired) electrons. The van der Waals surface area contributed by atoms with Gasteiger partial charge < -0.3 is 9.84 Å². The van der Waals surface area contributed by atoms with Crippen LogP contribution in [0.15, 0.2) is 66.7 Å². The molecule has 152 valence electrons. The number of hydrogen-bond donors (Lipinski definition) is 1. The quantitative estimate of drug-likeness (QED) is 0.505. The fraction of sp³-hybridized carbons (Fsp3) is 0.208. The number of fused-ring (bicyclic) bond motifs is 2. The van der Waals surface area contributed by atoms with E-state index in [2.05, 4.69) is 0 Å². The lowest BCUT2D eigenvalue weighted by atomic mass is 9.88. The summed E-state index contributed by atoms with van der Waals surface area (Å²) < 4.78 is 4.95. The molecule has 1 amide bonds. The molecule has 6 nitrogen and oxygen atoms in total. The highest BCUT2D eigenvalue weighted by Gasteiger charge is 2.51. The highest BCUT2D eigenvalue weighted by molar-refractivity contribution is 6.12. The number of carbonyl (C=O) groups is 3. The average molecular weight is 403 g/mol. The van der Waals surface area contributed by atoms with Crippen LogP contribution in [0.2, 0.25) is 0 Å². The third kappa shape index (κ3) is 3.35. The van der Waals surface area contributed by atoms with Crippen molar-refractivity contribution in [3.05, 3.63) is 77.9 Å². The minimum absolute atomic E-state index is 0.188. The second-order valence-corrected chi connectivity index (χ2v) is 7.24. The fourth-order valence-corrected chi connectivity index (χ4v) is 3.87. The molecule has 30 heavy (non-hydrogen) atoms. The summed E-state index contributed by atoms with van der Waals surface area (Å²) in [5.74, 6) is -1.64. The summed E-state index contributed by atoms with van der Waals surface area (Å²) in [4.78, 5) is 39.3. The van der Waals surface area contributed by atoms with Crippen molar-refractivity contribution < 1.29 is 24.2 Å². The van der Waals surface area contributed by atoms with Gasteiger partial charge in [0.05, 0.1) is 18.7 Å². The molecular formula is C24H21NO5. The van der Waals surface area contributed by atoms with Gasteiger partial charge in [0.2, 0.25) is 0 Å². The van der Waals surface area contributed by atoms with E-state index in [1.165, 1.54) is 4.90 Å². The standard InChI is InChI=1S/C24H21NO5/c1-2-30-22(27)15-25-20-10-6-5-9-19(20)24(29,23(25)28)14-21(26)18-12-11-16-7-3-4-8-17(16)13-18/h3-13,29H,2,14-15H2,1H3/t24-/m0/s1. The van der Waals surface area contributed by atoms with E-state index in [1.807, 2.05) is 30.3 Å². The summed E-state index contributed by atoms with van der Waals surface area (Å²) in [7, 11) is 0. The van der Waals surface area contributed by atoms with Gasteiger partial charge in [-0.15, -0.1) is 0 Å². The molecule has 4 rings (SSSR count). The van der Waals surface area contributed by atoms with Crippen LogP contribution in [0, 0.1) is 0 Å². The van der Waals surface area contributed by atoms with Gasteiger partial charge in [-0.1, -0.05) is 54.6 Å². The first-order chi connectivity index (χ1) is 14.4. The van der Waals surface area contributed by atoms with E-state index in [1.54, 1.807) is 43.3 Å². The molecule has 6 heteroatoms. The number of aliphatic hydroxyl groups is 1. The van der Waals surface area contributed by atoms with Crippen molar-refractivity contribution in [3.8, 4) is 0 Å². The molecule has 0 fully saturated rings. The number of benzene rings is 3. The molecule has 0 saturated heterocycles. The number of anilines is 1. The number of nitrogens with zero attached hydrogens (tertiary/aromatic N) is 1. The molecule has 0 aromatic heterocycles. The van der Waals surface area contributed by atoms with Gasteiger partial charge in [0.1, 0.15) is 6.54 Å². The molecule has 0 aliphatic carbocycles. The summed E-state index contributed by atoms with van der Waals surface area (Å²) in [6.07, 6.45) is -0.416. The second-order valence-electron chi connectivity index (χ2n) is 7.24. The van der Waals surface area contributed by atoms with Gasteiger partial charge in [0.15, 0.2) is 11.4 Å². The number of ether oxygens (including phenoxy) is 1. The highest BCUT2D eigenvalue weighted by atomic mass is 16.5. The van der Waals surface area contributed by atoms with Crippen molar-refractivity contribution in [2.45, 2.75) is 18.9 Å². The summed E-state index contributed by atoms with van der Waals surface area (Å²) in [6, 6.07) is 19.6. The maximum atomic E-state index is 13.1. The summed E-state index contributed by atoms with van der Waals surface area (Å²) >= 11 is 0. The Morgan fingerprint density at radius 1 is 1.00 bits per heavy atom. The molecule has 0 spiro atoms. The van der Waals surface area contributed by atoms with Gasteiger partial charge in [-0.2, -0.15) is 0 Å². The first kappa shape index (κ1) is 19.8. The van der Waals surface area contributed by atoms with Gasteiger partial charge in [0.25, 0.3) is 5.91 Å². The lowest BCUT2D eigenvalue weighted by Crippen LogP contribution is -2.44. The average Bonchev–Trinajstić information content (AvgIpc) is 2.95. The minimum atomic E-state index is -2.04. The van der Waals surface area contributed by atoms with Crippen molar-refractivity contribution in [1.29, 1.82) is 0 Å². The number of hydrogen-bond acceptors (Lipinski definition) is 5. The predicted molar refractivity (Wildman–Crippen MR) is 112 cm³/mol. The van der Waals surface area contributed by atoms with Crippen LogP contribution < -0.4 is 4.90 Å². The topological polar surface area (TPSA) is 83.9 Å². The predicted octanol–water partition coefficient (Wildman–Crippen LogP) is 3.21. The molecular weight excluding hydrogens is 382 g/mol. The highest BCUT2D eigenvalue weighted by Crippen LogP contribution is 2.42. The van der Waals surface area contributed by atoms with Gasteiger partial charge >= 0.3 is 5.97 Å². The van der Waals surface area contributed by atoms with Gasteiger partial charge in [0, 0.05) is 11.1 Å². The van der Waals surface area contributed by atoms with Crippen LogP contribution in [0.25, 0.3) is 10.8 Å². The van der Waals surface area contributed by atoms with E-state index in [0.29, 0.717) is 16.8 Å². The summed E-state index contributed by atoms with van der Waals surface area (Å²) in [5, 5.41) is 13.2. The van der Waals surface area contributed by atoms with Crippen LogP contribution in [0.5, 0.6) is 0 Å². The number of carbonyl (C=O) groups excluding carboxylic acids is 3. The van der Waals surface area contributed by atoms with E-state index < -0.39 is 23.9 Å². The number of ketones is 1. The monoisotopic (exact) mass is 403 g/mol. The molecule has 1 aliphatic rings. The van der Waals surface area contributed by atoms with Crippen molar-refractivity contribution in [1.82, 2.24) is 0 Å². The lowest BCUT2D eigenvalue weighted by Gasteiger charge is -2.22. The Morgan fingerprint density at radius 2 is 1.70 bits per heavy atom. The Balaban J connectivity index is 1.66. The third-order valence-electron chi connectivity index (χ3n) is 5.32. The smallest absolute Gasteiger partial charge is 0.326 e. The molecule has 0 unspecified atom stereocenters. The minimum Gasteiger partial charge on any atom is -0.465 e. The molecule has 0 bridgehead atoms. The van der Waals surface area contributed by atoms with Crippen LogP contribution in [0.3, 0.4) is 0 Å². The van der Waals surface area contributed by atoms with Gasteiger partial charge in [-0.05, 0) is 29.8 Å². The van der Waals surface area contributed by atoms with Crippen LogP contribution in [-0.2, 0) is 19.9 Å². The van der Waals surface area contributed by atoms with Crippen LogP contribution in [-0.4, -0.2) is 35.9 Å². The first-order valence-electron chi connectivity index (χ1n) is 9.75. The van der Waals surface area contributed by atoms with Crippen LogP contribution in [0.4, 0.5) is 5.69 Å². The number of amides is 1. The molecule has 1 aliphatic heterocycles. The summed E-state index contributed by atoms with van der Waals surface area (Å²) in [5.41, 5.74) is -0.903. The van der Waals surface area contributed by atoms with E-state index in [-0.39, 0.29) is 18.9 Å². The molecule has 1 atom stereocenters. The molecule has 1 N–H and O–H groups in total. The zero-order chi connectivity index (χ0) is 21.3. The Morgan fingerprint density at radius 3 is 2.47 bits per heavy atom.